The molecule has 1 N–H and O–H groups in total. The number of aryl methyl sites for hydroxylation is 3. The van der Waals surface area contributed by atoms with Gasteiger partial charge in [0.15, 0.2) is 0 Å². The van der Waals surface area contributed by atoms with Crippen LogP contribution in [0.25, 0.3) is 0 Å². The molecule has 3 aromatic rings. The average Bonchev–Trinajstić information content (AvgIpc) is 2.79. The molecule has 0 spiro atoms. The van der Waals surface area contributed by atoms with Gasteiger partial charge in [0.1, 0.15) is 6.54 Å². The Morgan fingerprint density at radius 3 is 2.22 bits per heavy atom. The van der Waals surface area contributed by atoms with E-state index in [1.807, 2.05) is 57.2 Å². The zero-order valence-electron chi connectivity index (χ0n) is 18.8. The summed E-state index contributed by atoms with van der Waals surface area (Å²) in [6.07, 6.45) is 1.61. The number of hydrogen-bond acceptors (Lipinski definition) is 3. The molecule has 0 radical (unpaired) electrons. The predicted octanol–water partition coefficient (Wildman–Crippen LogP) is 4.64. The maximum Gasteiger partial charge on any atom is 0.264 e. The number of carbonyl (C=O) groups excluding carboxylic acids is 1. The number of nitrogens with one attached hydrogen (secondary N) is 1. The zero-order chi connectivity index (χ0) is 23.1. The molecule has 1 amide bonds. The van der Waals surface area contributed by atoms with Crippen molar-refractivity contribution in [2.24, 2.45) is 0 Å². The normalized spacial score (nSPS) is 12.2. The van der Waals surface area contributed by atoms with E-state index in [0.29, 0.717) is 5.69 Å². The molecular formula is C26H30N2O3S. The van der Waals surface area contributed by atoms with Crippen LogP contribution in [0, 0.1) is 13.8 Å². The second kappa shape index (κ2) is 10.5. The van der Waals surface area contributed by atoms with E-state index < -0.39 is 10.0 Å². The van der Waals surface area contributed by atoms with Gasteiger partial charge in [0.05, 0.1) is 10.6 Å². The fourth-order valence-corrected chi connectivity index (χ4v) is 5.06. The first kappa shape index (κ1) is 23.5. The molecule has 0 saturated heterocycles. The Morgan fingerprint density at radius 1 is 0.938 bits per heavy atom. The molecule has 0 aliphatic rings. The zero-order valence-corrected chi connectivity index (χ0v) is 19.6. The standard InChI is InChI=1S/C26H30N2O3S/c1-20-14-15-21(2)25(18-20)28(32(30,31)24-12-8-5-9-13-24)19-26(29)27-22(3)16-17-23-10-6-4-7-11-23/h4-15,18,22H,16-17,19H2,1-3H3,(H,27,29)/t22-/m1/s1. The molecule has 3 aromatic carbocycles. The van der Waals surface area contributed by atoms with Crippen LogP contribution in [0.4, 0.5) is 5.69 Å². The predicted molar refractivity (Wildman–Crippen MR) is 129 cm³/mol. The lowest BCUT2D eigenvalue weighted by Gasteiger charge is -2.26. The van der Waals surface area contributed by atoms with Crippen LogP contribution in [0.5, 0.6) is 0 Å². The summed E-state index contributed by atoms with van der Waals surface area (Å²) in [5.74, 6) is -0.328. The van der Waals surface area contributed by atoms with E-state index in [2.05, 4.69) is 17.4 Å². The summed E-state index contributed by atoms with van der Waals surface area (Å²) in [5, 5.41) is 2.96. The Morgan fingerprint density at radius 2 is 1.56 bits per heavy atom. The van der Waals surface area contributed by atoms with E-state index in [9.17, 15) is 13.2 Å². The largest absolute Gasteiger partial charge is 0.352 e. The molecule has 0 bridgehead atoms. The lowest BCUT2D eigenvalue weighted by molar-refractivity contribution is -0.120. The van der Waals surface area contributed by atoms with E-state index in [0.717, 1.165) is 24.0 Å². The molecule has 168 valence electrons. The Hall–Kier alpha value is -3.12. The number of benzene rings is 3. The van der Waals surface area contributed by atoms with Crippen molar-refractivity contribution in [2.75, 3.05) is 10.8 Å². The van der Waals surface area contributed by atoms with Crippen LogP contribution in [0.15, 0.2) is 83.8 Å². The average molecular weight is 451 g/mol. The lowest BCUT2D eigenvalue weighted by Crippen LogP contribution is -2.44. The molecule has 6 heteroatoms. The molecule has 0 saturated carbocycles. The van der Waals surface area contributed by atoms with Crippen molar-refractivity contribution in [1.29, 1.82) is 0 Å². The Balaban J connectivity index is 1.79. The van der Waals surface area contributed by atoms with Crippen LogP contribution >= 0.6 is 0 Å². The van der Waals surface area contributed by atoms with Crippen LogP contribution in [-0.2, 0) is 21.2 Å². The summed E-state index contributed by atoms with van der Waals surface area (Å²) in [6.45, 7) is 5.41. The first-order valence-corrected chi connectivity index (χ1v) is 12.2. The van der Waals surface area contributed by atoms with Crippen LogP contribution in [0.1, 0.15) is 30.0 Å². The summed E-state index contributed by atoms with van der Waals surface area (Å²) in [6, 6.07) is 23.8. The highest BCUT2D eigenvalue weighted by molar-refractivity contribution is 7.92. The van der Waals surface area contributed by atoms with Gasteiger partial charge in [-0.3, -0.25) is 9.10 Å². The third kappa shape index (κ3) is 5.98. The summed E-state index contributed by atoms with van der Waals surface area (Å²) in [5.41, 5.74) is 3.44. The van der Waals surface area contributed by atoms with Crippen molar-refractivity contribution in [3.05, 3.63) is 95.6 Å². The molecule has 0 aliphatic heterocycles. The second-order valence-corrected chi connectivity index (χ2v) is 9.97. The first-order valence-electron chi connectivity index (χ1n) is 10.8. The van der Waals surface area contributed by atoms with E-state index in [4.69, 9.17) is 0 Å². The number of nitrogens with zero attached hydrogens (tertiary/aromatic N) is 1. The maximum absolute atomic E-state index is 13.5. The topological polar surface area (TPSA) is 66.5 Å². The summed E-state index contributed by atoms with van der Waals surface area (Å²) < 4.78 is 28.2. The number of sulfonamides is 1. The summed E-state index contributed by atoms with van der Waals surface area (Å²) >= 11 is 0. The first-order chi connectivity index (χ1) is 15.3. The Bertz CT molecular complexity index is 1150. The molecule has 5 nitrogen and oxygen atoms in total. The van der Waals surface area contributed by atoms with Crippen molar-refractivity contribution in [2.45, 2.75) is 44.6 Å². The minimum atomic E-state index is -3.91. The van der Waals surface area contributed by atoms with Gasteiger partial charge in [-0.15, -0.1) is 0 Å². The monoisotopic (exact) mass is 450 g/mol. The van der Waals surface area contributed by atoms with Gasteiger partial charge in [-0.05, 0) is 68.5 Å². The summed E-state index contributed by atoms with van der Waals surface area (Å²) in [4.78, 5) is 13.1. The molecule has 0 fully saturated rings. The van der Waals surface area contributed by atoms with Gasteiger partial charge in [-0.1, -0.05) is 60.7 Å². The van der Waals surface area contributed by atoms with Crippen LogP contribution in [0.3, 0.4) is 0 Å². The molecule has 32 heavy (non-hydrogen) atoms. The fraction of sp³-hybridized carbons (Fsp3) is 0.269. The molecule has 1 atom stereocenters. The number of carbonyl (C=O) groups is 1. The van der Waals surface area contributed by atoms with Crippen LogP contribution < -0.4 is 9.62 Å². The van der Waals surface area contributed by atoms with Crippen molar-refractivity contribution < 1.29 is 13.2 Å². The van der Waals surface area contributed by atoms with Gasteiger partial charge < -0.3 is 5.32 Å². The second-order valence-electron chi connectivity index (χ2n) is 8.11. The Kier molecular flexibility index (Phi) is 7.70. The van der Waals surface area contributed by atoms with Crippen molar-refractivity contribution in [3.63, 3.8) is 0 Å². The third-order valence-corrected chi connectivity index (χ3v) is 7.14. The molecule has 0 heterocycles. The number of anilines is 1. The van der Waals surface area contributed by atoms with Gasteiger partial charge in [0.25, 0.3) is 10.0 Å². The van der Waals surface area contributed by atoms with Crippen molar-refractivity contribution in [1.82, 2.24) is 5.32 Å². The lowest BCUT2D eigenvalue weighted by atomic mass is 10.1. The Labute approximate surface area is 191 Å². The van der Waals surface area contributed by atoms with E-state index >= 15 is 0 Å². The van der Waals surface area contributed by atoms with Gasteiger partial charge in [-0.2, -0.15) is 0 Å². The van der Waals surface area contributed by atoms with Crippen molar-refractivity contribution >= 4 is 21.6 Å². The molecule has 0 unspecified atom stereocenters. The highest BCUT2D eigenvalue weighted by Gasteiger charge is 2.28. The smallest absolute Gasteiger partial charge is 0.264 e. The number of hydrogen-bond donors (Lipinski definition) is 1. The van der Waals surface area contributed by atoms with Gasteiger partial charge in [0.2, 0.25) is 5.91 Å². The van der Waals surface area contributed by atoms with Crippen LogP contribution in [-0.4, -0.2) is 26.9 Å². The van der Waals surface area contributed by atoms with Gasteiger partial charge >= 0.3 is 0 Å². The molecule has 0 aromatic heterocycles. The van der Waals surface area contributed by atoms with E-state index in [1.165, 1.54) is 9.87 Å². The van der Waals surface area contributed by atoms with E-state index in [-0.39, 0.29) is 23.4 Å². The maximum atomic E-state index is 13.5. The highest BCUT2D eigenvalue weighted by atomic mass is 32.2. The molecule has 0 aliphatic carbocycles. The quantitative estimate of drug-likeness (QED) is 0.517. The summed E-state index contributed by atoms with van der Waals surface area (Å²) in [7, 11) is -3.91. The highest BCUT2D eigenvalue weighted by Crippen LogP contribution is 2.27. The SMILES string of the molecule is Cc1ccc(C)c(N(CC(=O)N[C@H](C)CCc2ccccc2)S(=O)(=O)c2ccccc2)c1. The molecule has 3 rings (SSSR count). The molecular weight excluding hydrogens is 420 g/mol. The van der Waals surface area contributed by atoms with Gasteiger partial charge in [-0.25, -0.2) is 8.42 Å². The third-order valence-electron chi connectivity index (χ3n) is 5.37. The van der Waals surface area contributed by atoms with Crippen molar-refractivity contribution in [3.8, 4) is 0 Å². The number of amides is 1. The van der Waals surface area contributed by atoms with Crippen LogP contribution in [0.2, 0.25) is 0 Å². The fourth-order valence-electron chi connectivity index (χ4n) is 3.56. The minimum Gasteiger partial charge on any atom is -0.352 e. The number of rotatable bonds is 9. The van der Waals surface area contributed by atoms with Gasteiger partial charge in [0, 0.05) is 6.04 Å². The minimum absolute atomic E-state index is 0.0809. The van der Waals surface area contributed by atoms with E-state index in [1.54, 1.807) is 30.3 Å².